The Morgan fingerprint density at radius 1 is 0.968 bits per heavy atom. The number of aliphatic hydroxyl groups excluding tert-OH is 1. The molecule has 2 aromatic carbocycles. The molecular formula is C24H28N2O5. The standard InChI is InChI=1S/C24H28N2O5/c1-16-5-8-18(9-6-16)21-22(25(2)13-14-27)24(29)26(23(21)28)12-11-17-7-10-19(30-3)20(15-17)31-4/h5-10,15,27H,11-14H2,1-4H3. The molecule has 0 aromatic heterocycles. The van der Waals surface area contributed by atoms with Gasteiger partial charge >= 0.3 is 0 Å². The number of hydrogen-bond acceptors (Lipinski definition) is 6. The molecular weight excluding hydrogens is 396 g/mol. The SMILES string of the molecule is COc1ccc(CCN2C(=O)C(c3ccc(C)cc3)=C(N(C)CCO)C2=O)cc1OC. The summed E-state index contributed by atoms with van der Waals surface area (Å²) in [4.78, 5) is 29.4. The van der Waals surface area contributed by atoms with E-state index in [4.69, 9.17) is 9.47 Å². The molecule has 7 nitrogen and oxygen atoms in total. The molecule has 0 aliphatic carbocycles. The maximum absolute atomic E-state index is 13.3. The van der Waals surface area contributed by atoms with Crippen LogP contribution in [0.3, 0.4) is 0 Å². The molecule has 0 unspecified atom stereocenters. The molecule has 1 heterocycles. The summed E-state index contributed by atoms with van der Waals surface area (Å²) in [5.74, 6) is 0.544. The van der Waals surface area contributed by atoms with Crippen molar-refractivity contribution in [2.45, 2.75) is 13.3 Å². The zero-order chi connectivity index (χ0) is 22.5. The van der Waals surface area contributed by atoms with Crippen molar-refractivity contribution < 1.29 is 24.2 Å². The second kappa shape index (κ2) is 9.66. The third-order valence-corrected chi connectivity index (χ3v) is 5.37. The lowest BCUT2D eigenvalue weighted by atomic mass is 10.0. The van der Waals surface area contributed by atoms with Gasteiger partial charge < -0.3 is 19.5 Å². The first-order chi connectivity index (χ1) is 14.9. The van der Waals surface area contributed by atoms with Crippen LogP contribution in [0.15, 0.2) is 48.2 Å². The number of rotatable bonds is 9. The predicted octanol–water partition coefficient (Wildman–Crippen LogP) is 2.26. The van der Waals surface area contributed by atoms with Crippen LogP contribution in [0.4, 0.5) is 0 Å². The smallest absolute Gasteiger partial charge is 0.277 e. The van der Waals surface area contributed by atoms with Gasteiger partial charge in [0, 0.05) is 20.1 Å². The molecule has 3 rings (SSSR count). The molecule has 0 radical (unpaired) electrons. The van der Waals surface area contributed by atoms with Crippen LogP contribution >= 0.6 is 0 Å². The summed E-state index contributed by atoms with van der Waals surface area (Å²) >= 11 is 0. The van der Waals surface area contributed by atoms with E-state index in [0.717, 1.165) is 11.1 Å². The Morgan fingerprint density at radius 2 is 1.65 bits per heavy atom. The molecule has 0 bridgehead atoms. The van der Waals surface area contributed by atoms with Gasteiger partial charge in [-0.15, -0.1) is 0 Å². The fourth-order valence-corrected chi connectivity index (χ4v) is 3.64. The lowest BCUT2D eigenvalue weighted by Crippen LogP contribution is -2.36. The van der Waals surface area contributed by atoms with Crippen LogP contribution in [0, 0.1) is 6.92 Å². The van der Waals surface area contributed by atoms with E-state index < -0.39 is 0 Å². The molecule has 0 atom stereocenters. The van der Waals surface area contributed by atoms with Crippen molar-refractivity contribution in [3.8, 4) is 11.5 Å². The largest absolute Gasteiger partial charge is 0.493 e. The Balaban J connectivity index is 1.87. The molecule has 2 aromatic rings. The lowest BCUT2D eigenvalue weighted by Gasteiger charge is -2.20. The third kappa shape index (κ3) is 4.56. The average Bonchev–Trinajstić information content (AvgIpc) is 3.02. The van der Waals surface area contributed by atoms with Gasteiger partial charge in [-0.1, -0.05) is 35.9 Å². The highest BCUT2D eigenvalue weighted by atomic mass is 16.5. The average molecular weight is 424 g/mol. The summed E-state index contributed by atoms with van der Waals surface area (Å²) in [6, 6.07) is 13.1. The Labute approximate surface area is 182 Å². The second-order valence-electron chi connectivity index (χ2n) is 7.44. The number of amides is 2. The van der Waals surface area contributed by atoms with Gasteiger partial charge in [0.2, 0.25) is 0 Å². The Hall–Kier alpha value is -3.32. The number of nitrogens with zero attached hydrogens (tertiary/aromatic N) is 2. The zero-order valence-corrected chi connectivity index (χ0v) is 18.3. The number of carbonyl (C=O) groups is 2. The zero-order valence-electron chi connectivity index (χ0n) is 18.3. The molecule has 7 heteroatoms. The van der Waals surface area contributed by atoms with Crippen molar-refractivity contribution in [3.05, 3.63) is 64.9 Å². The van der Waals surface area contributed by atoms with Gasteiger partial charge in [0.1, 0.15) is 5.70 Å². The number of carbonyl (C=O) groups excluding carboxylic acids is 2. The molecule has 0 spiro atoms. The minimum absolute atomic E-state index is 0.117. The fourth-order valence-electron chi connectivity index (χ4n) is 3.64. The summed E-state index contributed by atoms with van der Waals surface area (Å²) < 4.78 is 10.6. The van der Waals surface area contributed by atoms with Crippen LogP contribution in [-0.2, 0) is 16.0 Å². The summed E-state index contributed by atoms with van der Waals surface area (Å²) in [7, 11) is 4.85. The fraction of sp³-hybridized carbons (Fsp3) is 0.333. The Bertz CT molecular complexity index is 998. The highest BCUT2D eigenvalue weighted by Crippen LogP contribution is 2.32. The topological polar surface area (TPSA) is 79.3 Å². The number of likely N-dealkylation sites (N-methyl/N-ethyl adjacent to an activating group) is 1. The van der Waals surface area contributed by atoms with Crippen molar-refractivity contribution in [2.75, 3.05) is 41.0 Å². The highest BCUT2D eigenvalue weighted by molar-refractivity contribution is 6.35. The van der Waals surface area contributed by atoms with Crippen molar-refractivity contribution in [3.63, 3.8) is 0 Å². The highest BCUT2D eigenvalue weighted by Gasteiger charge is 2.40. The number of methoxy groups -OCH3 is 2. The molecule has 1 N–H and O–H groups in total. The normalized spacial score (nSPS) is 13.8. The Kier molecular flexibility index (Phi) is 6.97. The molecule has 1 aliphatic heterocycles. The quantitative estimate of drug-likeness (QED) is 0.622. The first kappa shape index (κ1) is 22.4. The van der Waals surface area contributed by atoms with Crippen molar-refractivity contribution in [1.29, 1.82) is 0 Å². The van der Waals surface area contributed by atoms with Crippen molar-refractivity contribution >= 4 is 17.4 Å². The van der Waals surface area contributed by atoms with Gasteiger partial charge in [0.05, 0.1) is 26.4 Å². The van der Waals surface area contributed by atoms with E-state index in [1.165, 1.54) is 4.90 Å². The number of aliphatic hydroxyl groups is 1. The molecule has 31 heavy (non-hydrogen) atoms. The van der Waals surface area contributed by atoms with Crippen LogP contribution in [0.1, 0.15) is 16.7 Å². The Morgan fingerprint density at radius 3 is 2.26 bits per heavy atom. The second-order valence-corrected chi connectivity index (χ2v) is 7.44. The van der Waals surface area contributed by atoms with Crippen LogP contribution in [0.25, 0.3) is 5.57 Å². The number of imide groups is 1. The van der Waals surface area contributed by atoms with Crippen LogP contribution in [-0.4, -0.2) is 67.7 Å². The van der Waals surface area contributed by atoms with Crippen LogP contribution < -0.4 is 9.47 Å². The molecule has 0 saturated heterocycles. The monoisotopic (exact) mass is 424 g/mol. The summed E-state index contributed by atoms with van der Waals surface area (Å²) in [6.45, 7) is 2.34. The minimum atomic E-state index is -0.350. The van der Waals surface area contributed by atoms with E-state index in [9.17, 15) is 14.7 Å². The molecule has 1 aliphatic rings. The lowest BCUT2D eigenvalue weighted by molar-refractivity contribution is -0.137. The maximum Gasteiger partial charge on any atom is 0.277 e. The van der Waals surface area contributed by atoms with Crippen molar-refractivity contribution in [2.24, 2.45) is 0 Å². The number of aryl methyl sites for hydroxylation is 1. The summed E-state index contributed by atoms with van der Waals surface area (Å²) in [6.07, 6.45) is 0.482. The molecule has 2 amide bonds. The van der Waals surface area contributed by atoms with E-state index in [1.54, 1.807) is 32.2 Å². The number of hydrogen-bond donors (Lipinski definition) is 1. The first-order valence-electron chi connectivity index (χ1n) is 10.1. The van der Waals surface area contributed by atoms with Gasteiger partial charge in [-0.2, -0.15) is 0 Å². The van der Waals surface area contributed by atoms with Crippen LogP contribution in [0.5, 0.6) is 11.5 Å². The maximum atomic E-state index is 13.3. The van der Waals surface area contributed by atoms with E-state index >= 15 is 0 Å². The predicted molar refractivity (Wildman–Crippen MR) is 118 cm³/mol. The molecule has 0 saturated carbocycles. The van der Waals surface area contributed by atoms with E-state index in [0.29, 0.717) is 34.8 Å². The van der Waals surface area contributed by atoms with E-state index in [1.807, 2.05) is 43.3 Å². The molecule has 164 valence electrons. The molecule has 0 fully saturated rings. The van der Waals surface area contributed by atoms with Gasteiger partial charge in [-0.25, -0.2) is 0 Å². The summed E-state index contributed by atoms with van der Waals surface area (Å²) in [5, 5.41) is 9.36. The van der Waals surface area contributed by atoms with Crippen molar-refractivity contribution in [1.82, 2.24) is 9.80 Å². The van der Waals surface area contributed by atoms with Gasteiger partial charge in [0.25, 0.3) is 11.8 Å². The number of ether oxygens (including phenoxy) is 2. The summed E-state index contributed by atoms with van der Waals surface area (Å²) in [5.41, 5.74) is 3.37. The number of benzene rings is 2. The van der Waals surface area contributed by atoms with Gasteiger partial charge in [-0.3, -0.25) is 14.5 Å². The minimum Gasteiger partial charge on any atom is -0.493 e. The van der Waals surface area contributed by atoms with Crippen LogP contribution in [0.2, 0.25) is 0 Å². The third-order valence-electron chi connectivity index (χ3n) is 5.37. The van der Waals surface area contributed by atoms with Gasteiger partial charge in [0.15, 0.2) is 11.5 Å². The van der Waals surface area contributed by atoms with E-state index in [2.05, 4.69) is 0 Å². The van der Waals surface area contributed by atoms with E-state index in [-0.39, 0.29) is 31.5 Å². The first-order valence-corrected chi connectivity index (χ1v) is 10.1. The van der Waals surface area contributed by atoms with Gasteiger partial charge in [-0.05, 0) is 36.6 Å².